The Balaban J connectivity index is 2.77. The summed E-state index contributed by atoms with van der Waals surface area (Å²) in [5.74, 6) is -0.541. The quantitative estimate of drug-likeness (QED) is 0.818. The van der Waals surface area contributed by atoms with Crippen molar-refractivity contribution in [3.8, 4) is 0 Å². The lowest BCUT2D eigenvalue weighted by molar-refractivity contribution is 0.278. The van der Waals surface area contributed by atoms with E-state index in [0.29, 0.717) is 11.5 Å². The van der Waals surface area contributed by atoms with E-state index in [9.17, 15) is 8.78 Å². The number of halogens is 2. The van der Waals surface area contributed by atoms with Gasteiger partial charge in [0.15, 0.2) is 0 Å². The maximum atomic E-state index is 13.3. The third-order valence-corrected chi connectivity index (χ3v) is 3.23. The van der Waals surface area contributed by atoms with Crippen LogP contribution in [-0.2, 0) is 0 Å². The maximum absolute atomic E-state index is 13.3. The summed E-state index contributed by atoms with van der Waals surface area (Å²) in [6.45, 7) is 8.81. The topological polar surface area (TPSA) is 12.0 Å². The second kappa shape index (κ2) is 6.47. The van der Waals surface area contributed by atoms with Crippen LogP contribution in [0.1, 0.15) is 52.1 Å². The summed E-state index contributed by atoms with van der Waals surface area (Å²) in [7, 11) is 1.83. The Morgan fingerprint density at radius 3 is 2.05 bits per heavy atom. The van der Waals surface area contributed by atoms with E-state index < -0.39 is 11.6 Å². The highest BCUT2D eigenvalue weighted by molar-refractivity contribution is 5.21. The molecule has 0 fully saturated rings. The Kier molecular flexibility index (Phi) is 5.48. The van der Waals surface area contributed by atoms with Gasteiger partial charge in [0.05, 0.1) is 0 Å². The van der Waals surface area contributed by atoms with Gasteiger partial charge in [-0.15, -0.1) is 0 Å². The molecule has 1 aromatic carbocycles. The fraction of sp³-hybridized carbons (Fsp3) is 0.625. The summed E-state index contributed by atoms with van der Waals surface area (Å²) < 4.78 is 26.5. The number of rotatable bonds is 5. The highest BCUT2D eigenvalue weighted by Gasteiger charge is 2.20. The highest BCUT2D eigenvalue weighted by atomic mass is 19.1. The normalized spacial score (nSPS) is 15.3. The smallest absolute Gasteiger partial charge is 0.126 e. The molecule has 1 aromatic rings. The molecule has 0 aliphatic heterocycles. The molecule has 1 N–H and O–H groups in total. The number of nitrogens with one attached hydrogen (secondary N) is 1. The van der Waals surface area contributed by atoms with Crippen molar-refractivity contribution in [3.63, 3.8) is 0 Å². The van der Waals surface area contributed by atoms with E-state index in [1.807, 2.05) is 7.05 Å². The summed E-state index contributed by atoms with van der Waals surface area (Å²) in [5, 5.41) is 3.16. The Bertz CT molecular complexity index is 389. The van der Waals surface area contributed by atoms with Crippen molar-refractivity contribution in [2.45, 2.75) is 46.6 Å². The molecular weight excluding hydrogens is 244 g/mol. The fourth-order valence-corrected chi connectivity index (χ4v) is 2.73. The summed E-state index contributed by atoms with van der Waals surface area (Å²) in [4.78, 5) is 0. The van der Waals surface area contributed by atoms with E-state index in [-0.39, 0.29) is 11.5 Å². The summed E-state index contributed by atoms with van der Waals surface area (Å²) in [5.41, 5.74) is 0.950. The molecule has 2 unspecified atom stereocenters. The first-order valence-electron chi connectivity index (χ1n) is 6.84. The first-order chi connectivity index (χ1) is 8.71. The minimum atomic E-state index is -0.515. The molecule has 1 rings (SSSR count). The van der Waals surface area contributed by atoms with Crippen LogP contribution in [0.15, 0.2) is 18.2 Å². The molecule has 0 radical (unpaired) electrons. The van der Waals surface area contributed by atoms with Gasteiger partial charge < -0.3 is 5.32 Å². The molecular formula is C16H25F2N. The zero-order chi connectivity index (χ0) is 14.6. The Morgan fingerprint density at radius 1 is 1.11 bits per heavy atom. The summed E-state index contributed by atoms with van der Waals surface area (Å²) in [6.07, 6.45) is 1.96. The molecule has 2 atom stereocenters. The van der Waals surface area contributed by atoms with Crippen LogP contribution in [-0.4, -0.2) is 7.05 Å². The first kappa shape index (κ1) is 16.1. The molecule has 3 heteroatoms. The Hall–Kier alpha value is -0.960. The van der Waals surface area contributed by atoms with Gasteiger partial charge >= 0.3 is 0 Å². The van der Waals surface area contributed by atoms with Crippen molar-refractivity contribution < 1.29 is 8.78 Å². The zero-order valence-electron chi connectivity index (χ0n) is 12.6. The van der Waals surface area contributed by atoms with Gasteiger partial charge in [0.25, 0.3) is 0 Å². The fourth-order valence-electron chi connectivity index (χ4n) is 2.73. The van der Waals surface area contributed by atoms with Crippen molar-refractivity contribution in [1.82, 2.24) is 5.32 Å². The van der Waals surface area contributed by atoms with Gasteiger partial charge in [-0.1, -0.05) is 27.7 Å². The van der Waals surface area contributed by atoms with Crippen molar-refractivity contribution in [3.05, 3.63) is 35.4 Å². The first-order valence-corrected chi connectivity index (χ1v) is 6.84. The monoisotopic (exact) mass is 269 g/mol. The van der Waals surface area contributed by atoms with E-state index in [1.165, 1.54) is 12.1 Å². The van der Waals surface area contributed by atoms with Crippen molar-refractivity contribution in [1.29, 1.82) is 0 Å². The molecule has 0 spiro atoms. The summed E-state index contributed by atoms with van der Waals surface area (Å²) >= 11 is 0. The van der Waals surface area contributed by atoms with Gasteiger partial charge in [-0.05, 0) is 48.9 Å². The molecule has 0 heterocycles. The van der Waals surface area contributed by atoms with Crippen LogP contribution in [0, 0.1) is 23.0 Å². The number of hydrogen-bond donors (Lipinski definition) is 1. The lowest BCUT2D eigenvalue weighted by Crippen LogP contribution is -2.21. The van der Waals surface area contributed by atoms with Gasteiger partial charge in [0.2, 0.25) is 0 Å². The second-order valence-electron chi connectivity index (χ2n) is 6.65. The van der Waals surface area contributed by atoms with Crippen LogP contribution in [0.4, 0.5) is 8.78 Å². The van der Waals surface area contributed by atoms with Crippen LogP contribution < -0.4 is 5.32 Å². The van der Waals surface area contributed by atoms with Gasteiger partial charge in [-0.25, -0.2) is 8.78 Å². The average molecular weight is 269 g/mol. The molecule has 0 aliphatic rings. The lowest BCUT2D eigenvalue weighted by Gasteiger charge is -2.27. The zero-order valence-corrected chi connectivity index (χ0v) is 12.6. The number of hydrogen-bond acceptors (Lipinski definition) is 1. The van der Waals surface area contributed by atoms with E-state index in [1.54, 1.807) is 0 Å². The highest BCUT2D eigenvalue weighted by Crippen LogP contribution is 2.30. The molecule has 0 saturated heterocycles. The standard InChI is InChI=1S/C16H25F2N/c1-11(10-16(2,3)4)6-15(19-5)12-7-13(17)9-14(18)8-12/h7-9,11,15,19H,6,10H2,1-5H3. The van der Waals surface area contributed by atoms with Gasteiger partial charge in [-0.3, -0.25) is 0 Å². The minimum Gasteiger partial charge on any atom is -0.313 e. The number of benzene rings is 1. The molecule has 0 bridgehead atoms. The molecule has 1 nitrogen and oxygen atoms in total. The molecule has 19 heavy (non-hydrogen) atoms. The molecule has 0 aliphatic carbocycles. The molecule has 0 amide bonds. The third kappa shape index (κ3) is 5.68. The molecule has 108 valence electrons. The molecule has 0 saturated carbocycles. The SMILES string of the molecule is CNC(CC(C)CC(C)(C)C)c1cc(F)cc(F)c1. The Morgan fingerprint density at radius 2 is 1.63 bits per heavy atom. The van der Waals surface area contributed by atoms with Crippen LogP contribution in [0.5, 0.6) is 0 Å². The Labute approximate surface area is 115 Å². The third-order valence-electron chi connectivity index (χ3n) is 3.23. The summed E-state index contributed by atoms with van der Waals surface area (Å²) in [6, 6.07) is 3.72. The van der Waals surface area contributed by atoms with E-state index in [0.717, 1.165) is 18.9 Å². The predicted octanol–water partition coefficient (Wildman–Crippen LogP) is 4.69. The van der Waals surface area contributed by atoms with E-state index in [4.69, 9.17) is 0 Å². The lowest BCUT2D eigenvalue weighted by atomic mass is 9.82. The molecule has 0 aromatic heterocycles. The van der Waals surface area contributed by atoms with Gasteiger partial charge in [0, 0.05) is 12.1 Å². The van der Waals surface area contributed by atoms with Crippen molar-refractivity contribution >= 4 is 0 Å². The maximum Gasteiger partial charge on any atom is 0.126 e. The predicted molar refractivity (Wildman–Crippen MR) is 76.0 cm³/mol. The van der Waals surface area contributed by atoms with Crippen LogP contribution in [0.25, 0.3) is 0 Å². The minimum absolute atomic E-state index is 0.0115. The van der Waals surface area contributed by atoms with E-state index >= 15 is 0 Å². The van der Waals surface area contributed by atoms with Crippen molar-refractivity contribution in [2.75, 3.05) is 7.05 Å². The van der Waals surface area contributed by atoms with E-state index in [2.05, 4.69) is 33.0 Å². The van der Waals surface area contributed by atoms with Crippen LogP contribution in [0.2, 0.25) is 0 Å². The van der Waals surface area contributed by atoms with Crippen LogP contribution >= 0.6 is 0 Å². The van der Waals surface area contributed by atoms with Crippen molar-refractivity contribution in [2.24, 2.45) is 11.3 Å². The van der Waals surface area contributed by atoms with Crippen LogP contribution in [0.3, 0.4) is 0 Å². The average Bonchev–Trinajstić information content (AvgIpc) is 2.21. The van der Waals surface area contributed by atoms with Gasteiger partial charge in [-0.2, -0.15) is 0 Å². The largest absolute Gasteiger partial charge is 0.313 e. The van der Waals surface area contributed by atoms with Gasteiger partial charge in [0.1, 0.15) is 11.6 Å². The second-order valence-corrected chi connectivity index (χ2v) is 6.65.